The Morgan fingerprint density at radius 1 is 1.12 bits per heavy atom. The molecule has 7 nitrogen and oxygen atoms in total. The Kier molecular flexibility index (Phi) is 4.62. The number of aromatic nitrogens is 2. The van der Waals surface area contributed by atoms with Crippen LogP contribution in [0.15, 0.2) is 46.9 Å². The second-order valence-electron chi connectivity index (χ2n) is 6.37. The summed E-state index contributed by atoms with van der Waals surface area (Å²) in [6.07, 6.45) is 1.52. The van der Waals surface area contributed by atoms with Gasteiger partial charge in [0.1, 0.15) is 17.0 Å². The quantitative estimate of drug-likeness (QED) is 0.694. The molecule has 4 rings (SSSR count). The Morgan fingerprint density at radius 2 is 1.85 bits per heavy atom. The molecule has 1 fully saturated rings. The van der Waals surface area contributed by atoms with Crippen LogP contribution >= 0.6 is 11.3 Å². The fourth-order valence-electron chi connectivity index (χ4n) is 2.99. The first kappa shape index (κ1) is 17.3. The predicted molar refractivity (Wildman–Crippen MR) is 103 cm³/mol. The van der Waals surface area contributed by atoms with Crippen molar-refractivity contribution in [3.05, 3.63) is 42.0 Å². The van der Waals surface area contributed by atoms with Gasteiger partial charge in [-0.1, -0.05) is 0 Å². The van der Waals surface area contributed by atoms with Crippen LogP contribution in [0.5, 0.6) is 0 Å². The fourth-order valence-corrected chi connectivity index (χ4v) is 5.17. The molecule has 1 aliphatic heterocycles. The molecule has 1 aromatic carbocycles. The van der Waals surface area contributed by atoms with E-state index in [1.807, 2.05) is 11.4 Å². The molecular weight excluding hydrogens is 370 g/mol. The number of thiophene rings is 1. The highest BCUT2D eigenvalue weighted by molar-refractivity contribution is 7.89. The van der Waals surface area contributed by atoms with Gasteiger partial charge in [0.25, 0.3) is 0 Å². The SMILES string of the molecule is C[NH+]1CCN(S(=O)(=O)c2ccc(Nc3ncnc4sccc34)cc2)CC1. The van der Waals surface area contributed by atoms with Crippen LogP contribution in [0.25, 0.3) is 10.2 Å². The minimum absolute atomic E-state index is 0.325. The number of benzene rings is 1. The first-order valence-corrected chi connectivity index (χ1v) is 10.7. The summed E-state index contributed by atoms with van der Waals surface area (Å²) in [7, 11) is -1.35. The van der Waals surface area contributed by atoms with Crippen molar-refractivity contribution in [2.24, 2.45) is 0 Å². The highest BCUT2D eigenvalue weighted by atomic mass is 32.2. The van der Waals surface area contributed by atoms with E-state index in [9.17, 15) is 8.42 Å². The number of likely N-dealkylation sites (N-methyl/N-ethyl adjacent to an activating group) is 1. The summed E-state index contributed by atoms with van der Waals surface area (Å²) < 4.78 is 27.1. The first-order chi connectivity index (χ1) is 12.5. The lowest BCUT2D eigenvalue weighted by atomic mass is 10.3. The third-order valence-electron chi connectivity index (χ3n) is 4.59. The molecule has 2 N–H and O–H groups in total. The molecule has 3 aromatic rings. The molecule has 0 aliphatic carbocycles. The molecule has 26 heavy (non-hydrogen) atoms. The minimum atomic E-state index is -3.43. The van der Waals surface area contributed by atoms with Crippen LogP contribution in [0.4, 0.5) is 11.5 Å². The van der Waals surface area contributed by atoms with Gasteiger partial charge in [-0.3, -0.25) is 0 Å². The van der Waals surface area contributed by atoms with Gasteiger partial charge in [0.05, 0.1) is 43.5 Å². The molecule has 136 valence electrons. The van der Waals surface area contributed by atoms with E-state index in [1.165, 1.54) is 11.2 Å². The van der Waals surface area contributed by atoms with Crippen LogP contribution in [0, 0.1) is 0 Å². The Labute approximate surface area is 156 Å². The predicted octanol–water partition coefficient (Wildman–Crippen LogP) is 0.954. The molecule has 0 radical (unpaired) electrons. The van der Waals surface area contributed by atoms with Gasteiger partial charge < -0.3 is 10.2 Å². The van der Waals surface area contributed by atoms with Crippen molar-refractivity contribution < 1.29 is 13.3 Å². The van der Waals surface area contributed by atoms with Gasteiger partial charge in [-0.15, -0.1) is 11.3 Å². The molecule has 0 amide bonds. The maximum Gasteiger partial charge on any atom is 0.243 e. The summed E-state index contributed by atoms with van der Waals surface area (Å²) in [6, 6.07) is 8.81. The number of sulfonamides is 1. The Hall–Kier alpha value is -2.07. The van der Waals surface area contributed by atoms with E-state index >= 15 is 0 Å². The van der Waals surface area contributed by atoms with E-state index in [-0.39, 0.29) is 0 Å². The molecule has 1 saturated heterocycles. The summed E-state index contributed by atoms with van der Waals surface area (Å²) >= 11 is 1.56. The van der Waals surface area contributed by atoms with Crippen LogP contribution < -0.4 is 10.2 Å². The van der Waals surface area contributed by atoms with Crippen LogP contribution in [0.2, 0.25) is 0 Å². The molecule has 2 aromatic heterocycles. The number of piperazine rings is 1. The number of quaternary nitrogens is 1. The lowest BCUT2D eigenvalue weighted by Crippen LogP contribution is -3.12. The first-order valence-electron chi connectivity index (χ1n) is 8.41. The third-order valence-corrected chi connectivity index (χ3v) is 7.33. The van der Waals surface area contributed by atoms with Crippen LogP contribution in [-0.4, -0.2) is 55.9 Å². The van der Waals surface area contributed by atoms with E-state index < -0.39 is 10.0 Å². The Morgan fingerprint density at radius 3 is 2.58 bits per heavy atom. The van der Waals surface area contributed by atoms with Gasteiger partial charge in [0, 0.05) is 5.69 Å². The topological polar surface area (TPSA) is 79.6 Å². The molecule has 9 heteroatoms. The third kappa shape index (κ3) is 3.30. The zero-order valence-corrected chi connectivity index (χ0v) is 16.0. The van der Waals surface area contributed by atoms with E-state index in [4.69, 9.17) is 0 Å². The lowest BCUT2D eigenvalue weighted by Gasteiger charge is -2.29. The van der Waals surface area contributed by atoms with Crippen molar-refractivity contribution in [1.82, 2.24) is 14.3 Å². The molecule has 0 unspecified atom stereocenters. The smallest absolute Gasteiger partial charge is 0.243 e. The normalized spacial score (nSPS) is 16.8. The monoisotopic (exact) mass is 390 g/mol. The fraction of sp³-hybridized carbons (Fsp3) is 0.294. The van der Waals surface area contributed by atoms with Gasteiger partial charge in [0.15, 0.2) is 0 Å². The van der Waals surface area contributed by atoms with Gasteiger partial charge in [-0.25, -0.2) is 18.4 Å². The average molecular weight is 391 g/mol. The Balaban J connectivity index is 1.54. The van der Waals surface area contributed by atoms with Crippen LogP contribution in [-0.2, 0) is 10.0 Å². The molecule has 1 aliphatic rings. The molecule has 0 bridgehead atoms. The van der Waals surface area contributed by atoms with E-state index in [0.29, 0.717) is 23.8 Å². The van der Waals surface area contributed by atoms with Crippen molar-refractivity contribution in [3.63, 3.8) is 0 Å². The van der Waals surface area contributed by atoms with Crippen molar-refractivity contribution in [2.75, 3.05) is 38.5 Å². The summed E-state index contributed by atoms with van der Waals surface area (Å²) in [5.74, 6) is 0.717. The van der Waals surface area contributed by atoms with E-state index in [1.54, 1.807) is 39.9 Å². The maximum atomic E-state index is 12.8. The number of rotatable bonds is 4. The second kappa shape index (κ2) is 6.92. The number of nitrogens with zero attached hydrogens (tertiary/aromatic N) is 3. The number of hydrogen-bond donors (Lipinski definition) is 2. The highest BCUT2D eigenvalue weighted by Crippen LogP contribution is 2.27. The number of nitrogens with one attached hydrogen (secondary N) is 2. The standard InChI is InChI=1S/C17H19N5O2S2/c1-21-7-9-22(10-8-21)26(23,24)14-4-2-13(3-5-14)20-16-15-6-11-25-17(15)19-12-18-16/h2-6,11-12H,7-10H2,1H3,(H,18,19,20)/p+1. The van der Waals surface area contributed by atoms with Crippen LogP contribution in [0.1, 0.15) is 0 Å². The van der Waals surface area contributed by atoms with Gasteiger partial charge >= 0.3 is 0 Å². The average Bonchev–Trinajstić information content (AvgIpc) is 3.12. The summed E-state index contributed by atoms with van der Waals surface area (Å²) in [6.45, 7) is 2.79. The number of fused-ring (bicyclic) bond motifs is 1. The second-order valence-corrected chi connectivity index (χ2v) is 9.20. The summed E-state index contributed by atoms with van der Waals surface area (Å²) in [5, 5.41) is 6.16. The maximum absolute atomic E-state index is 12.8. The van der Waals surface area contributed by atoms with Crippen molar-refractivity contribution in [1.29, 1.82) is 0 Å². The molecule has 3 heterocycles. The van der Waals surface area contributed by atoms with Gasteiger partial charge in [0.2, 0.25) is 10.0 Å². The Bertz CT molecular complexity index is 1010. The zero-order chi connectivity index (χ0) is 18.1. The van der Waals surface area contributed by atoms with Gasteiger partial charge in [-0.05, 0) is 35.7 Å². The molecule has 0 saturated carbocycles. The number of anilines is 2. The molecule has 0 atom stereocenters. The van der Waals surface area contributed by atoms with Gasteiger partial charge in [-0.2, -0.15) is 4.31 Å². The van der Waals surface area contributed by atoms with Crippen LogP contribution in [0.3, 0.4) is 0 Å². The summed E-state index contributed by atoms with van der Waals surface area (Å²) in [4.78, 5) is 11.1. The minimum Gasteiger partial charge on any atom is -0.340 e. The number of hydrogen-bond acceptors (Lipinski definition) is 6. The van der Waals surface area contributed by atoms with E-state index in [0.717, 1.165) is 29.0 Å². The largest absolute Gasteiger partial charge is 0.340 e. The lowest BCUT2D eigenvalue weighted by molar-refractivity contribution is -0.883. The summed E-state index contributed by atoms with van der Waals surface area (Å²) in [5.41, 5.74) is 0.790. The zero-order valence-electron chi connectivity index (χ0n) is 14.3. The molecule has 0 spiro atoms. The van der Waals surface area contributed by atoms with E-state index in [2.05, 4.69) is 22.3 Å². The molecular formula is C17H20N5O2S2+. The van der Waals surface area contributed by atoms with Crippen molar-refractivity contribution in [3.8, 4) is 0 Å². The van der Waals surface area contributed by atoms with Crippen molar-refractivity contribution >= 4 is 43.1 Å². The highest BCUT2D eigenvalue weighted by Gasteiger charge is 2.28. The van der Waals surface area contributed by atoms with Crippen molar-refractivity contribution in [2.45, 2.75) is 4.90 Å².